The van der Waals surface area contributed by atoms with Crippen molar-refractivity contribution < 1.29 is 24.1 Å². The monoisotopic (exact) mass is 425 g/mol. The molecule has 0 unspecified atom stereocenters. The van der Waals surface area contributed by atoms with Gasteiger partial charge in [-0.3, -0.25) is 25.0 Å². The molecule has 11 heteroatoms. The van der Waals surface area contributed by atoms with Gasteiger partial charge in [-0.2, -0.15) is 0 Å². The molecule has 1 N–H and O–H groups in total. The van der Waals surface area contributed by atoms with E-state index in [0.717, 1.165) is 23.7 Å². The Hall–Kier alpha value is -3.21. The number of halogens is 1. The second-order valence-electron chi connectivity index (χ2n) is 4.85. The van der Waals surface area contributed by atoms with Gasteiger partial charge >= 0.3 is 11.4 Å². The first-order chi connectivity index (χ1) is 12.3. The Kier molecular flexibility index (Phi) is 6.07. The number of carbonyl (C=O) groups is 1. The van der Waals surface area contributed by atoms with Crippen LogP contribution in [0.15, 0.2) is 40.9 Å². The summed E-state index contributed by atoms with van der Waals surface area (Å²) in [5, 5.41) is 24.5. The minimum atomic E-state index is -0.834. The Morgan fingerprint density at radius 2 is 1.65 bits per heavy atom. The van der Waals surface area contributed by atoms with Crippen LogP contribution in [0.3, 0.4) is 0 Å². The molecular weight excluding hydrogens is 414 g/mol. The largest absolute Gasteiger partial charge is 0.485 e. The number of hydrogen-bond acceptors (Lipinski definition) is 7. The van der Waals surface area contributed by atoms with E-state index >= 15 is 0 Å². The van der Waals surface area contributed by atoms with Crippen molar-refractivity contribution in [1.82, 2.24) is 0 Å². The van der Waals surface area contributed by atoms with Crippen LogP contribution in [0.4, 0.5) is 17.1 Å². The topological polar surface area (TPSA) is 134 Å². The van der Waals surface area contributed by atoms with Gasteiger partial charge in [-0.1, -0.05) is 15.9 Å². The summed E-state index contributed by atoms with van der Waals surface area (Å²) in [7, 11) is 1.08. The SMILES string of the molecule is COc1c([N+](=O)[O-])cc(NC(=O)COc2ccc(Br)cc2)cc1[N+](=O)[O-]. The van der Waals surface area contributed by atoms with Crippen molar-refractivity contribution in [2.45, 2.75) is 0 Å². The molecule has 0 heterocycles. The normalized spacial score (nSPS) is 10.1. The molecule has 2 aromatic carbocycles. The standard InChI is InChI=1S/C15H12BrN3O7/c1-25-15-12(18(21)22)6-10(7-13(15)19(23)24)17-14(20)8-26-11-4-2-9(16)3-5-11/h2-7H,8H2,1H3,(H,17,20). The van der Waals surface area contributed by atoms with Crippen LogP contribution in [0.5, 0.6) is 11.5 Å². The first-order valence-corrected chi connectivity index (χ1v) is 7.80. The lowest BCUT2D eigenvalue weighted by Gasteiger charge is -2.09. The summed E-state index contributed by atoms with van der Waals surface area (Å²) in [4.78, 5) is 32.5. The third kappa shape index (κ3) is 4.66. The second kappa shape index (κ2) is 8.25. The van der Waals surface area contributed by atoms with E-state index in [9.17, 15) is 25.0 Å². The number of hydrogen-bond donors (Lipinski definition) is 1. The smallest absolute Gasteiger partial charge is 0.320 e. The zero-order valence-electron chi connectivity index (χ0n) is 13.3. The Morgan fingerprint density at radius 1 is 1.12 bits per heavy atom. The number of anilines is 1. The molecule has 0 spiro atoms. The van der Waals surface area contributed by atoms with Crippen LogP contribution in [0.1, 0.15) is 0 Å². The molecule has 1 amide bonds. The van der Waals surface area contributed by atoms with E-state index in [1.54, 1.807) is 24.3 Å². The fourth-order valence-corrected chi connectivity index (χ4v) is 2.29. The van der Waals surface area contributed by atoms with E-state index in [2.05, 4.69) is 21.2 Å². The van der Waals surface area contributed by atoms with Crippen molar-refractivity contribution in [3.63, 3.8) is 0 Å². The quantitative estimate of drug-likeness (QED) is 0.530. The van der Waals surface area contributed by atoms with Gasteiger partial charge in [-0.25, -0.2) is 0 Å². The molecule has 0 saturated carbocycles. The number of nitrogens with zero attached hydrogens (tertiary/aromatic N) is 2. The van der Waals surface area contributed by atoms with Crippen molar-refractivity contribution >= 4 is 38.9 Å². The molecule has 0 aromatic heterocycles. The summed E-state index contributed by atoms with van der Waals surface area (Å²) in [6, 6.07) is 8.68. The number of nitro groups is 2. The third-order valence-electron chi connectivity index (χ3n) is 3.11. The molecule has 0 bridgehead atoms. The van der Waals surface area contributed by atoms with Crippen LogP contribution in [0, 0.1) is 20.2 Å². The maximum atomic E-state index is 12.0. The molecule has 0 aliphatic carbocycles. The number of rotatable bonds is 7. The first kappa shape index (κ1) is 19.1. The molecule has 26 heavy (non-hydrogen) atoms. The summed E-state index contributed by atoms with van der Waals surface area (Å²) < 4.78 is 10.9. The maximum Gasteiger partial charge on any atom is 0.320 e. The van der Waals surface area contributed by atoms with Crippen molar-refractivity contribution in [2.24, 2.45) is 0 Å². The van der Waals surface area contributed by atoms with E-state index in [1.165, 1.54) is 0 Å². The van der Waals surface area contributed by atoms with Gasteiger partial charge < -0.3 is 14.8 Å². The molecule has 2 aromatic rings. The number of nitrogens with one attached hydrogen (secondary N) is 1. The predicted molar refractivity (Wildman–Crippen MR) is 94.6 cm³/mol. The molecular formula is C15H12BrN3O7. The average Bonchev–Trinajstić information content (AvgIpc) is 2.60. The van der Waals surface area contributed by atoms with E-state index in [0.29, 0.717) is 5.75 Å². The lowest BCUT2D eigenvalue weighted by molar-refractivity contribution is -0.395. The number of amides is 1. The van der Waals surface area contributed by atoms with Gasteiger partial charge in [0.25, 0.3) is 11.7 Å². The fraction of sp³-hybridized carbons (Fsp3) is 0.133. The molecule has 10 nitrogen and oxygen atoms in total. The third-order valence-corrected chi connectivity index (χ3v) is 3.64. The molecule has 0 radical (unpaired) electrons. The predicted octanol–water partition coefficient (Wildman–Crippen LogP) is 3.29. The van der Waals surface area contributed by atoms with Gasteiger partial charge in [-0.15, -0.1) is 0 Å². The summed E-state index contributed by atoms with van der Waals surface area (Å²) in [6.07, 6.45) is 0. The van der Waals surface area contributed by atoms with Crippen molar-refractivity contribution in [3.8, 4) is 11.5 Å². The summed E-state index contributed by atoms with van der Waals surface area (Å²) in [5.41, 5.74) is -1.38. The molecule has 0 saturated heterocycles. The second-order valence-corrected chi connectivity index (χ2v) is 5.77. The zero-order chi connectivity index (χ0) is 19.3. The number of nitro benzene ring substituents is 2. The van der Waals surface area contributed by atoms with E-state index in [1.807, 2.05) is 0 Å². The number of carbonyl (C=O) groups excluding carboxylic acids is 1. The van der Waals surface area contributed by atoms with Crippen molar-refractivity contribution in [1.29, 1.82) is 0 Å². The minimum Gasteiger partial charge on any atom is -0.485 e. The Labute approximate surface area is 155 Å². The average molecular weight is 426 g/mol. The number of ether oxygens (including phenoxy) is 2. The van der Waals surface area contributed by atoms with Crippen LogP contribution in [-0.2, 0) is 4.79 Å². The Morgan fingerprint density at radius 3 is 2.12 bits per heavy atom. The van der Waals surface area contributed by atoms with Gasteiger partial charge in [-0.05, 0) is 24.3 Å². The van der Waals surface area contributed by atoms with Gasteiger partial charge in [0.2, 0.25) is 0 Å². The van der Waals surface area contributed by atoms with Crippen LogP contribution >= 0.6 is 15.9 Å². The minimum absolute atomic E-state index is 0.117. The maximum absolute atomic E-state index is 12.0. The van der Waals surface area contributed by atoms with Crippen LogP contribution in [0.25, 0.3) is 0 Å². The van der Waals surface area contributed by atoms with E-state index in [-0.39, 0.29) is 12.3 Å². The molecule has 0 aliphatic rings. The molecule has 0 fully saturated rings. The lowest BCUT2D eigenvalue weighted by Crippen LogP contribution is -2.20. The van der Waals surface area contributed by atoms with Gasteiger partial charge in [0, 0.05) is 16.6 Å². The highest BCUT2D eigenvalue weighted by Crippen LogP contribution is 2.39. The summed E-state index contributed by atoms with van der Waals surface area (Å²) in [5.74, 6) is -0.694. The zero-order valence-corrected chi connectivity index (χ0v) is 14.9. The highest BCUT2D eigenvalue weighted by Gasteiger charge is 2.28. The van der Waals surface area contributed by atoms with E-state index < -0.39 is 32.9 Å². The van der Waals surface area contributed by atoms with Crippen LogP contribution < -0.4 is 14.8 Å². The molecule has 136 valence electrons. The van der Waals surface area contributed by atoms with Crippen LogP contribution in [0.2, 0.25) is 0 Å². The van der Waals surface area contributed by atoms with Gasteiger partial charge in [0.05, 0.1) is 22.6 Å². The Balaban J connectivity index is 2.17. The molecule has 0 aliphatic heterocycles. The number of methoxy groups -OCH3 is 1. The van der Waals surface area contributed by atoms with Gasteiger partial charge in [0.15, 0.2) is 6.61 Å². The molecule has 0 atom stereocenters. The lowest BCUT2D eigenvalue weighted by atomic mass is 10.2. The first-order valence-electron chi connectivity index (χ1n) is 7.01. The fourth-order valence-electron chi connectivity index (χ4n) is 2.03. The number of benzene rings is 2. The Bertz CT molecular complexity index is 820. The van der Waals surface area contributed by atoms with Crippen LogP contribution in [-0.4, -0.2) is 29.5 Å². The van der Waals surface area contributed by atoms with Gasteiger partial charge in [0.1, 0.15) is 5.75 Å². The molecule has 2 rings (SSSR count). The summed E-state index contributed by atoms with van der Waals surface area (Å²) >= 11 is 3.26. The van der Waals surface area contributed by atoms with E-state index in [4.69, 9.17) is 9.47 Å². The van der Waals surface area contributed by atoms with Crippen molar-refractivity contribution in [2.75, 3.05) is 19.0 Å². The summed E-state index contributed by atoms with van der Waals surface area (Å²) in [6.45, 7) is -0.380. The highest BCUT2D eigenvalue weighted by atomic mass is 79.9. The highest BCUT2D eigenvalue weighted by molar-refractivity contribution is 9.10. The van der Waals surface area contributed by atoms with Crippen molar-refractivity contribution in [3.05, 3.63) is 61.1 Å².